The van der Waals surface area contributed by atoms with E-state index in [1.807, 2.05) is 0 Å². The van der Waals surface area contributed by atoms with Crippen LogP contribution in [0.2, 0.25) is 0 Å². The molecule has 0 heterocycles. The van der Waals surface area contributed by atoms with Crippen LogP contribution in [0.1, 0.15) is 261 Å². The summed E-state index contributed by atoms with van der Waals surface area (Å²) in [5, 5.41) is 0. The summed E-state index contributed by atoms with van der Waals surface area (Å²) in [5.41, 5.74) is 0. The van der Waals surface area contributed by atoms with E-state index in [4.69, 9.17) is 110 Å². The SMILES string of the molecule is CCCCCCN(CCCCCC)C(=S)[S-].CCCCCCN(CCCCCC)C(=S)[S-].CCCCCCN(CCCCCC)C(=S)[S-].CCCCCCN(CCCCCC)C(=S)[S-].[O]=[Mo+4].[O]=[Mo+4].[O]=[Mo+4].[S-2].[S-2].[S-2].[S-2]. The molecular weight excluding hydrogens is 1400 g/mol. The fraction of sp³-hybridized carbons (Fsp3) is 0.923. The van der Waals surface area contributed by atoms with Crippen molar-refractivity contribution in [2.24, 2.45) is 0 Å². The molecule has 74 heavy (non-hydrogen) atoms. The van der Waals surface area contributed by atoms with Crippen molar-refractivity contribution >= 4 is 171 Å². The molecule has 0 amide bonds. The van der Waals surface area contributed by atoms with Gasteiger partial charge in [0.05, 0.1) is 0 Å². The smallest absolute Gasteiger partial charge is 2.00 e. The normalized spacial score (nSPS) is 9.22. The minimum absolute atomic E-state index is 0. The molecule has 0 N–H and O–H groups in total. The number of thiocarbonyl (C=S) groups is 4. The van der Waals surface area contributed by atoms with E-state index in [9.17, 15) is 0 Å². The molecule has 0 bridgehead atoms. The molecule has 0 rings (SSSR count). The first-order chi connectivity index (χ1) is 33.9. The summed E-state index contributed by atoms with van der Waals surface area (Å²) in [4.78, 5) is 8.82. The van der Waals surface area contributed by atoms with E-state index in [0.29, 0.717) is 76.6 Å². The van der Waals surface area contributed by atoms with Crippen molar-refractivity contribution in [3.63, 3.8) is 0 Å². The van der Waals surface area contributed by atoms with Crippen LogP contribution in [0.3, 0.4) is 0 Å². The second-order valence-corrected chi connectivity index (χ2v) is 21.6. The van der Waals surface area contributed by atoms with Crippen molar-refractivity contribution in [1.82, 2.24) is 19.6 Å². The molecule has 0 aromatic rings. The molecule has 0 aliphatic heterocycles. The van der Waals surface area contributed by atoms with E-state index < -0.39 is 0 Å². The van der Waals surface area contributed by atoms with Crippen LogP contribution in [0, 0.1) is 0 Å². The van der Waals surface area contributed by atoms with Gasteiger partial charge in [-0.25, -0.2) is 0 Å². The van der Waals surface area contributed by atoms with E-state index in [2.05, 4.69) is 75.0 Å². The largest absolute Gasteiger partial charge is 2.00 e. The molecule has 7 nitrogen and oxygen atoms in total. The summed E-state index contributed by atoms with van der Waals surface area (Å²) in [6.45, 7) is 26.4. The maximum atomic E-state index is 8.26. The predicted octanol–water partition coefficient (Wildman–Crippen LogP) is 16.7. The minimum Gasteiger partial charge on any atom is -2.00 e. The molecule has 0 aromatic carbocycles. The van der Waals surface area contributed by atoms with Crippen LogP contribution in [-0.2, 0) is 174 Å². The van der Waals surface area contributed by atoms with Crippen molar-refractivity contribution in [3.05, 3.63) is 0 Å². The quantitative estimate of drug-likeness (QED) is 0.0253. The number of nitrogens with zero attached hydrogens (tertiary/aromatic N) is 4. The third-order valence-electron chi connectivity index (χ3n) is 11.3. The molecule has 0 radical (unpaired) electrons. The van der Waals surface area contributed by atoms with Gasteiger partial charge in [-0.05, 0) is 51.4 Å². The zero-order valence-electron chi connectivity index (χ0n) is 47.4. The standard InChI is InChI=1S/4C13H27NS2.3Mo.3O.4S/c4*1-3-5-7-9-11-14(13(15)16)12-10-8-6-4-2;;;;;;;;;;/h4*3-12H2,1-2H3,(H,15,16);;;;;;;;;;/q;;;;3*+4;;;;4*-2/p-4. The van der Waals surface area contributed by atoms with Gasteiger partial charge in [0.25, 0.3) is 0 Å². The maximum Gasteiger partial charge on any atom is -2.00 e. The topological polar surface area (TPSA) is 64.2 Å². The Balaban J connectivity index is -0.0000000753. The molecule has 22 heteroatoms. The average Bonchev–Trinajstić information content (AvgIpc) is 3.36. The first-order valence-electron chi connectivity index (χ1n) is 27.2. The van der Waals surface area contributed by atoms with Crippen LogP contribution in [0.4, 0.5) is 0 Å². The van der Waals surface area contributed by atoms with Gasteiger partial charge in [0.1, 0.15) is 0 Å². The van der Waals surface area contributed by atoms with Crippen LogP contribution in [0.15, 0.2) is 0 Å². The molecule has 0 aromatic heterocycles. The Morgan fingerprint density at radius 3 is 0.405 bits per heavy atom. The van der Waals surface area contributed by atoms with Crippen LogP contribution in [0.25, 0.3) is 0 Å². The summed E-state index contributed by atoms with van der Waals surface area (Å²) < 4.78 is 27.4. The van der Waals surface area contributed by atoms with Crippen molar-refractivity contribution in [1.29, 1.82) is 0 Å². The molecular formula is C52H104Mo3N4O3S12. The number of hydrogen-bond acceptors (Lipinski definition) is 11. The van der Waals surface area contributed by atoms with Gasteiger partial charge < -0.3 is 173 Å². The molecule has 0 aliphatic carbocycles. The summed E-state index contributed by atoms with van der Waals surface area (Å²) in [5.74, 6) is 0. The van der Waals surface area contributed by atoms with Crippen molar-refractivity contribution in [2.75, 3.05) is 52.4 Å². The molecule has 0 unspecified atom stereocenters. The third kappa shape index (κ3) is 91.8. The van der Waals surface area contributed by atoms with Gasteiger partial charge in [-0.3, -0.25) is 0 Å². The van der Waals surface area contributed by atoms with Crippen LogP contribution >= 0.6 is 48.9 Å². The average molecular weight is 1510 g/mol. The molecule has 0 saturated heterocycles. The number of unbranched alkanes of at least 4 members (excludes halogenated alkanes) is 24. The molecule has 0 atom stereocenters. The van der Waals surface area contributed by atoms with Crippen molar-refractivity contribution < 1.29 is 69.5 Å². The summed E-state index contributed by atoms with van der Waals surface area (Å²) in [7, 11) is 0. The van der Waals surface area contributed by atoms with Gasteiger partial charge in [-0.2, -0.15) is 0 Å². The fourth-order valence-electron chi connectivity index (χ4n) is 7.01. The Hall–Kier alpha value is 3.30. The van der Waals surface area contributed by atoms with Gasteiger partial charge >= 0.3 is 69.5 Å². The van der Waals surface area contributed by atoms with E-state index in [1.54, 1.807) is 0 Å². The first-order valence-corrected chi connectivity index (χ1v) is 32.9. The maximum absolute atomic E-state index is 8.26. The van der Waals surface area contributed by atoms with Gasteiger partial charge in [-0.1, -0.05) is 227 Å². The van der Waals surface area contributed by atoms with Gasteiger partial charge in [-0.15, -0.1) is 0 Å². The van der Waals surface area contributed by atoms with Crippen LogP contribution in [0.5, 0.6) is 0 Å². The Morgan fingerprint density at radius 2 is 0.338 bits per heavy atom. The van der Waals surface area contributed by atoms with Crippen LogP contribution in [-0.4, -0.2) is 89.2 Å². The molecule has 0 spiro atoms. The van der Waals surface area contributed by atoms with E-state index in [-0.39, 0.29) is 54.0 Å². The third-order valence-corrected chi connectivity index (χ3v) is 13.4. The van der Waals surface area contributed by atoms with Crippen molar-refractivity contribution in [3.8, 4) is 0 Å². The zero-order chi connectivity index (χ0) is 54.9. The minimum atomic E-state index is 0. The summed E-state index contributed by atoms with van der Waals surface area (Å²) in [6.07, 6.45) is 41.2. The number of rotatable bonds is 40. The second kappa shape index (κ2) is 95.5. The molecule has 440 valence electrons. The Labute approximate surface area is 566 Å². The van der Waals surface area contributed by atoms with Gasteiger partial charge in [0, 0.05) is 52.4 Å². The Bertz CT molecular complexity index is 878. The fourth-order valence-corrected chi connectivity index (χ4v) is 8.47. The summed E-state index contributed by atoms with van der Waals surface area (Å²) >= 11 is 43.0. The Kier molecular flexibility index (Phi) is 132. The number of hydrogen-bond donors (Lipinski definition) is 0. The molecule has 0 saturated carbocycles. The monoisotopic (exact) mass is 1510 g/mol. The Morgan fingerprint density at radius 1 is 0.243 bits per heavy atom. The first kappa shape index (κ1) is 102. The van der Waals surface area contributed by atoms with E-state index in [0.717, 1.165) is 52.4 Å². The van der Waals surface area contributed by atoms with Crippen molar-refractivity contribution in [2.45, 2.75) is 261 Å². The van der Waals surface area contributed by atoms with E-state index >= 15 is 0 Å². The van der Waals surface area contributed by atoms with Crippen LogP contribution < -0.4 is 0 Å². The molecule has 0 aliphatic rings. The van der Waals surface area contributed by atoms with Gasteiger partial charge in [0.15, 0.2) is 0 Å². The molecule has 0 fully saturated rings. The van der Waals surface area contributed by atoms with Gasteiger partial charge in [0.2, 0.25) is 0 Å². The predicted molar refractivity (Wildman–Crippen MR) is 351 cm³/mol. The zero-order valence-corrected chi connectivity index (χ0v) is 63.2. The summed E-state index contributed by atoms with van der Waals surface area (Å²) in [6, 6.07) is 0. The second-order valence-electron chi connectivity index (χ2n) is 17.5. The van der Waals surface area contributed by atoms with E-state index in [1.165, 1.54) is 205 Å².